The highest BCUT2D eigenvalue weighted by atomic mass is 35.5. The van der Waals surface area contributed by atoms with Crippen LogP contribution in [-0.4, -0.2) is 24.5 Å². The van der Waals surface area contributed by atoms with Crippen molar-refractivity contribution in [1.82, 2.24) is 4.98 Å². The molecule has 3 N–H and O–H groups in total. The molecule has 3 rings (SSSR count). The lowest BCUT2D eigenvalue weighted by molar-refractivity contribution is -0.104. The van der Waals surface area contributed by atoms with Crippen LogP contribution in [0.1, 0.15) is 16.7 Å². The number of aldehydes is 1. The van der Waals surface area contributed by atoms with Crippen LogP contribution in [0.5, 0.6) is 0 Å². The average Bonchev–Trinajstić information content (AvgIpc) is 2.74. The highest BCUT2D eigenvalue weighted by Crippen LogP contribution is 2.29. The van der Waals surface area contributed by atoms with Gasteiger partial charge in [-0.15, -0.1) is 0 Å². The van der Waals surface area contributed by atoms with Crippen molar-refractivity contribution in [2.75, 3.05) is 17.7 Å². The first-order chi connectivity index (χ1) is 14.0. The number of nitrogens with one attached hydrogen (secondary N) is 1. The molecule has 0 radical (unpaired) electrons. The van der Waals surface area contributed by atoms with Gasteiger partial charge in [-0.3, -0.25) is 9.78 Å². The first-order valence-electron chi connectivity index (χ1n) is 8.98. The number of carbonyl (C=O) groups is 1. The van der Waals surface area contributed by atoms with E-state index in [1.165, 1.54) is 12.3 Å². The maximum atomic E-state index is 10.5. The molecule has 0 aliphatic rings. The Morgan fingerprint density at radius 2 is 1.90 bits per heavy atom. The molecule has 1 heterocycles. The number of halogens is 1. The minimum absolute atomic E-state index is 0.576. The molecule has 3 aromatic rings. The molecular formula is C23H21ClN4O. The monoisotopic (exact) mass is 404 g/mol. The van der Waals surface area contributed by atoms with E-state index in [4.69, 9.17) is 22.7 Å². The van der Waals surface area contributed by atoms with E-state index in [9.17, 15) is 4.79 Å². The third-order valence-corrected chi connectivity index (χ3v) is 4.94. The lowest BCUT2D eigenvalue weighted by Crippen LogP contribution is -2.17. The van der Waals surface area contributed by atoms with E-state index in [-0.39, 0.29) is 0 Å². The Balaban J connectivity index is 1.81. The number of benzene rings is 2. The van der Waals surface area contributed by atoms with Crippen LogP contribution in [0.2, 0.25) is 5.02 Å². The van der Waals surface area contributed by atoms with E-state index in [1.807, 2.05) is 48.3 Å². The molecule has 0 aliphatic heterocycles. The second-order valence-electron chi connectivity index (χ2n) is 6.62. The molecule has 6 heteroatoms. The van der Waals surface area contributed by atoms with Gasteiger partial charge in [0.05, 0.1) is 11.9 Å². The van der Waals surface area contributed by atoms with Crippen LogP contribution in [0.25, 0.3) is 17.2 Å². The Morgan fingerprint density at radius 3 is 2.62 bits per heavy atom. The Labute approximate surface area is 175 Å². The molecule has 0 saturated carbocycles. The van der Waals surface area contributed by atoms with E-state index in [2.05, 4.69) is 4.98 Å². The van der Waals surface area contributed by atoms with Gasteiger partial charge in [-0.25, -0.2) is 0 Å². The summed E-state index contributed by atoms with van der Waals surface area (Å²) in [4.78, 5) is 16.8. The summed E-state index contributed by atoms with van der Waals surface area (Å²) in [6, 6.07) is 13.5. The molecule has 0 bridgehead atoms. The number of rotatable bonds is 7. The largest absolute Gasteiger partial charge is 0.398 e. The zero-order valence-corrected chi connectivity index (χ0v) is 16.7. The Kier molecular flexibility index (Phi) is 6.42. The number of nitrogens with zero attached hydrogens (tertiary/aromatic N) is 2. The Morgan fingerprint density at radius 1 is 1.14 bits per heavy atom. The van der Waals surface area contributed by atoms with Crippen LogP contribution >= 0.6 is 11.6 Å². The molecule has 146 valence electrons. The molecular weight excluding hydrogens is 384 g/mol. The SMILES string of the molecule is CN(Cc1ccc(-c2ccc(N)c(C=N)c2)cc1Cl)c1cncc(/C=C/C=O)c1. The molecule has 0 saturated heterocycles. The summed E-state index contributed by atoms with van der Waals surface area (Å²) in [5.41, 5.74) is 11.8. The molecule has 0 amide bonds. The third kappa shape index (κ3) is 4.89. The molecule has 0 unspecified atom stereocenters. The summed E-state index contributed by atoms with van der Waals surface area (Å²) in [5, 5.41) is 8.13. The summed E-state index contributed by atoms with van der Waals surface area (Å²) in [6.07, 6.45) is 8.62. The maximum Gasteiger partial charge on any atom is 0.142 e. The van der Waals surface area contributed by atoms with Crippen LogP contribution in [0.4, 0.5) is 11.4 Å². The van der Waals surface area contributed by atoms with Crippen LogP contribution < -0.4 is 10.6 Å². The zero-order chi connectivity index (χ0) is 20.8. The Hall–Kier alpha value is -3.44. The number of aromatic nitrogens is 1. The van der Waals surface area contributed by atoms with Gasteiger partial charge < -0.3 is 16.0 Å². The first kappa shape index (κ1) is 20.3. The van der Waals surface area contributed by atoms with Crippen molar-refractivity contribution in [3.8, 4) is 11.1 Å². The number of nitrogens with two attached hydrogens (primary N) is 1. The molecule has 2 aromatic carbocycles. The summed E-state index contributed by atoms with van der Waals surface area (Å²) in [6.45, 7) is 0.606. The fraction of sp³-hybridized carbons (Fsp3) is 0.0870. The number of nitrogen functional groups attached to an aromatic ring is 1. The van der Waals surface area contributed by atoms with E-state index in [0.29, 0.717) is 22.8 Å². The van der Waals surface area contributed by atoms with E-state index in [1.54, 1.807) is 24.5 Å². The second kappa shape index (κ2) is 9.17. The van der Waals surface area contributed by atoms with Crippen LogP contribution in [0.3, 0.4) is 0 Å². The zero-order valence-electron chi connectivity index (χ0n) is 16.0. The fourth-order valence-corrected chi connectivity index (χ4v) is 3.22. The van der Waals surface area contributed by atoms with Crippen molar-refractivity contribution in [3.63, 3.8) is 0 Å². The number of allylic oxidation sites excluding steroid dienone is 1. The van der Waals surface area contributed by atoms with Gasteiger partial charge in [0.1, 0.15) is 6.29 Å². The minimum Gasteiger partial charge on any atom is -0.398 e. The quantitative estimate of drug-likeness (QED) is 0.255. The van der Waals surface area contributed by atoms with Crippen molar-refractivity contribution in [2.45, 2.75) is 6.54 Å². The van der Waals surface area contributed by atoms with Gasteiger partial charge in [-0.2, -0.15) is 0 Å². The minimum atomic E-state index is 0.576. The van der Waals surface area contributed by atoms with E-state index >= 15 is 0 Å². The number of hydrogen-bond acceptors (Lipinski definition) is 5. The van der Waals surface area contributed by atoms with Crippen molar-refractivity contribution >= 4 is 41.6 Å². The maximum absolute atomic E-state index is 10.5. The van der Waals surface area contributed by atoms with Crippen LogP contribution in [0.15, 0.2) is 60.9 Å². The summed E-state index contributed by atoms with van der Waals surface area (Å²) in [5.74, 6) is 0. The van der Waals surface area contributed by atoms with Gasteiger partial charge in [0.2, 0.25) is 0 Å². The van der Waals surface area contributed by atoms with E-state index in [0.717, 1.165) is 34.2 Å². The number of anilines is 2. The van der Waals surface area contributed by atoms with Crippen molar-refractivity contribution in [1.29, 1.82) is 5.41 Å². The molecule has 1 aromatic heterocycles. The highest BCUT2D eigenvalue weighted by molar-refractivity contribution is 6.31. The molecule has 0 atom stereocenters. The Bertz CT molecular complexity index is 1080. The first-order valence-corrected chi connectivity index (χ1v) is 9.36. The normalized spacial score (nSPS) is 10.8. The van der Waals surface area contributed by atoms with Gasteiger partial charge in [-0.1, -0.05) is 35.9 Å². The lowest BCUT2D eigenvalue weighted by atomic mass is 10.0. The predicted octanol–water partition coefficient (Wildman–Crippen LogP) is 4.83. The lowest BCUT2D eigenvalue weighted by Gasteiger charge is -2.20. The number of carbonyl (C=O) groups excluding carboxylic acids is 1. The van der Waals surface area contributed by atoms with Gasteiger partial charge in [0.25, 0.3) is 0 Å². The highest BCUT2D eigenvalue weighted by Gasteiger charge is 2.09. The number of pyridine rings is 1. The summed E-state index contributed by atoms with van der Waals surface area (Å²) >= 11 is 6.55. The van der Waals surface area contributed by atoms with Gasteiger partial charge in [0, 0.05) is 42.3 Å². The predicted molar refractivity (Wildman–Crippen MR) is 121 cm³/mol. The summed E-state index contributed by atoms with van der Waals surface area (Å²) in [7, 11) is 1.96. The van der Waals surface area contributed by atoms with Crippen LogP contribution in [0, 0.1) is 5.41 Å². The van der Waals surface area contributed by atoms with Crippen molar-refractivity contribution in [2.24, 2.45) is 0 Å². The molecule has 0 aliphatic carbocycles. The molecule has 0 fully saturated rings. The van der Waals surface area contributed by atoms with E-state index < -0.39 is 0 Å². The summed E-state index contributed by atoms with van der Waals surface area (Å²) < 4.78 is 0. The molecule has 29 heavy (non-hydrogen) atoms. The van der Waals surface area contributed by atoms with Gasteiger partial charge >= 0.3 is 0 Å². The molecule has 5 nitrogen and oxygen atoms in total. The topological polar surface area (TPSA) is 83.1 Å². The van der Waals surface area contributed by atoms with Gasteiger partial charge in [0.15, 0.2) is 0 Å². The smallest absolute Gasteiger partial charge is 0.142 e. The van der Waals surface area contributed by atoms with Gasteiger partial charge in [-0.05, 0) is 52.6 Å². The fourth-order valence-electron chi connectivity index (χ4n) is 2.98. The van der Waals surface area contributed by atoms with Crippen molar-refractivity contribution < 1.29 is 4.79 Å². The second-order valence-corrected chi connectivity index (χ2v) is 7.03. The molecule has 0 spiro atoms. The standard InChI is InChI=1S/C23H21ClN4O/c1-28(21-9-16(3-2-8-29)13-27-14-21)15-19-5-4-18(11-22(19)24)17-6-7-23(26)20(10-17)12-25/h2-14,25H,15,26H2,1H3/b3-2+,25-12?. The number of hydrogen-bond donors (Lipinski definition) is 2. The average molecular weight is 405 g/mol. The third-order valence-electron chi connectivity index (χ3n) is 4.59. The van der Waals surface area contributed by atoms with Crippen LogP contribution in [-0.2, 0) is 11.3 Å². The van der Waals surface area contributed by atoms with Crippen molar-refractivity contribution in [3.05, 3.63) is 82.6 Å².